The van der Waals surface area contributed by atoms with Crippen molar-refractivity contribution in [1.82, 2.24) is 10.3 Å². The molecule has 3 rings (SSSR count). The summed E-state index contributed by atoms with van der Waals surface area (Å²) >= 11 is 0. The molecule has 0 spiro atoms. The predicted octanol–water partition coefficient (Wildman–Crippen LogP) is 3.82. The molecule has 1 fully saturated rings. The van der Waals surface area contributed by atoms with Gasteiger partial charge in [-0.1, -0.05) is 36.4 Å². The first kappa shape index (κ1) is 16.5. The quantitative estimate of drug-likeness (QED) is 0.499. The first-order chi connectivity index (χ1) is 11.5. The number of nitrogens with one attached hydrogen (secondary N) is 2. The van der Waals surface area contributed by atoms with Gasteiger partial charge in [0, 0.05) is 36.1 Å². The van der Waals surface area contributed by atoms with Crippen LogP contribution in [0.15, 0.2) is 47.6 Å². The minimum absolute atomic E-state index is 0.0986. The number of nitrogens with zero attached hydrogens (tertiary/aromatic N) is 2. The first-order valence-electron chi connectivity index (χ1n) is 8.29. The van der Waals surface area contributed by atoms with Crippen molar-refractivity contribution in [3.05, 3.63) is 42.5 Å². The van der Waals surface area contributed by atoms with E-state index in [1.54, 1.807) is 0 Å². The summed E-state index contributed by atoms with van der Waals surface area (Å²) in [6.45, 7) is 8.65. The fourth-order valence-corrected chi connectivity index (χ4v) is 3.06. The van der Waals surface area contributed by atoms with Crippen LogP contribution in [0.4, 0.5) is 10.5 Å². The smallest absolute Gasteiger partial charge is 0.306 e. The van der Waals surface area contributed by atoms with Gasteiger partial charge >= 0.3 is 6.03 Å². The van der Waals surface area contributed by atoms with Crippen molar-refractivity contribution in [2.45, 2.75) is 32.7 Å². The van der Waals surface area contributed by atoms with E-state index in [9.17, 15) is 4.79 Å². The predicted molar refractivity (Wildman–Crippen MR) is 99.5 cm³/mol. The number of fused-ring (bicyclic) bond motifs is 1. The molecule has 0 bridgehead atoms. The van der Waals surface area contributed by atoms with E-state index in [0.29, 0.717) is 0 Å². The van der Waals surface area contributed by atoms with Crippen molar-refractivity contribution in [2.24, 2.45) is 5.10 Å². The molecule has 0 saturated carbocycles. The lowest BCUT2D eigenvalue weighted by molar-refractivity contribution is 0.252. The Kier molecular flexibility index (Phi) is 4.53. The summed E-state index contributed by atoms with van der Waals surface area (Å²) in [5.41, 5.74) is 4.39. The van der Waals surface area contributed by atoms with E-state index in [0.717, 1.165) is 41.7 Å². The highest BCUT2D eigenvalue weighted by Gasteiger charge is 2.34. The number of carbonyl (C=O) groups excluding carboxylic acids is 1. The lowest BCUT2D eigenvalue weighted by Crippen LogP contribution is -2.33. The number of amides is 2. The zero-order chi connectivity index (χ0) is 17.2. The molecule has 0 atom stereocenters. The molecule has 0 radical (unpaired) electrons. The van der Waals surface area contributed by atoms with Gasteiger partial charge in [0.15, 0.2) is 0 Å². The van der Waals surface area contributed by atoms with Crippen LogP contribution >= 0.6 is 0 Å². The van der Waals surface area contributed by atoms with Crippen LogP contribution in [0.3, 0.4) is 0 Å². The number of hydrogen-bond acceptors (Lipinski definition) is 3. The molecule has 24 heavy (non-hydrogen) atoms. The second-order valence-electron chi connectivity index (χ2n) is 6.92. The molecule has 2 aromatic rings. The molecule has 1 aliphatic rings. The molecule has 1 heterocycles. The van der Waals surface area contributed by atoms with E-state index in [-0.39, 0.29) is 11.6 Å². The van der Waals surface area contributed by atoms with Crippen molar-refractivity contribution >= 4 is 28.2 Å². The van der Waals surface area contributed by atoms with Crippen LogP contribution in [0, 0.1) is 0 Å². The molecule has 2 aromatic carbocycles. The molecular formula is C19H24N4O. The van der Waals surface area contributed by atoms with Crippen molar-refractivity contribution < 1.29 is 4.79 Å². The number of urea groups is 1. The Morgan fingerprint density at radius 2 is 1.88 bits per heavy atom. The third-order valence-corrected chi connectivity index (χ3v) is 4.38. The van der Waals surface area contributed by atoms with Crippen molar-refractivity contribution in [1.29, 1.82) is 0 Å². The summed E-state index contributed by atoms with van der Waals surface area (Å²) in [6.07, 6.45) is 0.835. The average molecular weight is 324 g/mol. The molecule has 0 unspecified atom stereocenters. The van der Waals surface area contributed by atoms with Crippen molar-refractivity contribution in [3.8, 4) is 0 Å². The van der Waals surface area contributed by atoms with Gasteiger partial charge in [-0.2, -0.15) is 5.10 Å². The molecule has 126 valence electrons. The Hall–Kier alpha value is -2.40. The summed E-state index contributed by atoms with van der Waals surface area (Å²) in [6, 6.07) is 13.5. The third kappa shape index (κ3) is 3.92. The monoisotopic (exact) mass is 324 g/mol. The second-order valence-corrected chi connectivity index (χ2v) is 6.92. The maximum atomic E-state index is 12.1. The Bertz CT molecular complexity index is 773. The average Bonchev–Trinajstić information content (AvgIpc) is 3.38. The van der Waals surface area contributed by atoms with Gasteiger partial charge in [-0.15, -0.1) is 0 Å². The van der Waals surface area contributed by atoms with Gasteiger partial charge in [-0.3, -0.25) is 4.90 Å². The zero-order valence-electron chi connectivity index (χ0n) is 14.5. The fourth-order valence-electron chi connectivity index (χ4n) is 3.06. The topological polar surface area (TPSA) is 56.5 Å². The molecule has 2 amide bonds. The Labute approximate surface area is 142 Å². The summed E-state index contributed by atoms with van der Waals surface area (Å²) < 4.78 is 0. The SMILES string of the molecule is CC(CC(C)(C)N1CC1)=NNC(=O)Nc1cccc2ccccc12. The molecule has 0 aliphatic carbocycles. The zero-order valence-corrected chi connectivity index (χ0v) is 14.5. The first-order valence-corrected chi connectivity index (χ1v) is 8.29. The number of benzene rings is 2. The maximum absolute atomic E-state index is 12.1. The largest absolute Gasteiger partial charge is 0.339 e. The molecule has 5 nitrogen and oxygen atoms in total. The Morgan fingerprint density at radius 1 is 1.17 bits per heavy atom. The van der Waals surface area contributed by atoms with Gasteiger partial charge < -0.3 is 5.32 Å². The van der Waals surface area contributed by atoms with Gasteiger partial charge in [0.2, 0.25) is 0 Å². The summed E-state index contributed by atoms with van der Waals surface area (Å²) in [5.74, 6) is 0. The minimum Gasteiger partial charge on any atom is -0.306 e. The molecule has 1 aliphatic heterocycles. The highest BCUT2D eigenvalue weighted by atomic mass is 16.2. The van der Waals surface area contributed by atoms with Crippen LogP contribution in [0.25, 0.3) is 10.8 Å². The van der Waals surface area contributed by atoms with Crippen LogP contribution in [-0.4, -0.2) is 35.3 Å². The number of carbonyl (C=O) groups is 1. The lowest BCUT2D eigenvalue weighted by atomic mass is 9.98. The van der Waals surface area contributed by atoms with Gasteiger partial charge in [0.05, 0.1) is 5.69 Å². The standard InChI is InChI=1S/C19H24N4O/c1-14(13-19(2,3)23-11-12-23)21-22-18(24)20-17-10-6-8-15-7-4-5-9-16(15)17/h4-10H,11-13H2,1-3H3,(H2,20,22,24). The van der Waals surface area contributed by atoms with Crippen LogP contribution in [0.5, 0.6) is 0 Å². The highest BCUT2D eigenvalue weighted by Crippen LogP contribution is 2.26. The van der Waals surface area contributed by atoms with E-state index in [4.69, 9.17) is 0 Å². The van der Waals surface area contributed by atoms with E-state index < -0.39 is 0 Å². The molecular weight excluding hydrogens is 300 g/mol. The van der Waals surface area contributed by atoms with Crippen LogP contribution in [-0.2, 0) is 0 Å². The lowest BCUT2D eigenvalue weighted by Gasteiger charge is -2.26. The van der Waals surface area contributed by atoms with Crippen LogP contribution < -0.4 is 10.7 Å². The number of anilines is 1. The van der Waals surface area contributed by atoms with Gasteiger partial charge in [-0.05, 0) is 32.2 Å². The fraction of sp³-hybridized carbons (Fsp3) is 0.368. The van der Waals surface area contributed by atoms with E-state index in [2.05, 4.69) is 34.6 Å². The Morgan fingerprint density at radius 3 is 2.62 bits per heavy atom. The maximum Gasteiger partial charge on any atom is 0.339 e. The van der Waals surface area contributed by atoms with Crippen molar-refractivity contribution in [3.63, 3.8) is 0 Å². The summed E-state index contributed by atoms with van der Waals surface area (Å²) in [5, 5.41) is 9.20. The Balaban J connectivity index is 1.61. The number of rotatable bonds is 5. The van der Waals surface area contributed by atoms with E-state index in [1.807, 2.05) is 49.4 Å². The van der Waals surface area contributed by atoms with Crippen LogP contribution in [0.1, 0.15) is 27.2 Å². The molecule has 2 N–H and O–H groups in total. The highest BCUT2D eigenvalue weighted by molar-refractivity contribution is 6.01. The molecule has 0 aromatic heterocycles. The van der Waals surface area contributed by atoms with Gasteiger partial charge in [0.1, 0.15) is 0 Å². The third-order valence-electron chi connectivity index (χ3n) is 4.38. The number of hydrogen-bond donors (Lipinski definition) is 2. The van der Waals surface area contributed by atoms with Gasteiger partial charge in [-0.25, -0.2) is 10.2 Å². The van der Waals surface area contributed by atoms with E-state index in [1.165, 1.54) is 0 Å². The summed E-state index contributed by atoms with van der Waals surface area (Å²) in [7, 11) is 0. The molecule has 5 heteroatoms. The normalized spacial score (nSPS) is 15.4. The molecule has 1 saturated heterocycles. The van der Waals surface area contributed by atoms with E-state index >= 15 is 0 Å². The minimum atomic E-state index is -0.324. The van der Waals surface area contributed by atoms with Gasteiger partial charge in [0.25, 0.3) is 0 Å². The second kappa shape index (κ2) is 6.61. The van der Waals surface area contributed by atoms with Crippen molar-refractivity contribution in [2.75, 3.05) is 18.4 Å². The van der Waals surface area contributed by atoms with Crippen LogP contribution in [0.2, 0.25) is 0 Å². The summed E-state index contributed by atoms with van der Waals surface area (Å²) in [4.78, 5) is 14.5. The number of hydrazone groups is 1.